The molecule has 2 aromatic carbocycles. The normalized spacial score (nSPS) is 10.2. The van der Waals surface area contributed by atoms with Crippen molar-refractivity contribution >= 4 is 27.7 Å². The van der Waals surface area contributed by atoms with Crippen LogP contribution in [0.1, 0.15) is 29.3 Å². The fraction of sp³-hybridized carbons (Fsp3) is 0.300. The first kappa shape index (κ1) is 20.0. The molecule has 26 heavy (non-hydrogen) atoms. The molecule has 0 aromatic heterocycles. The third kappa shape index (κ3) is 6.88. The van der Waals surface area contributed by atoms with E-state index in [1.54, 1.807) is 12.1 Å². The first-order valence-electron chi connectivity index (χ1n) is 8.60. The van der Waals surface area contributed by atoms with Crippen LogP contribution in [-0.4, -0.2) is 31.5 Å². The van der Waals surface area contributed by atoms with Crippen molar-refractivity contribution in [3.05, 3.63) is 64.1 Å². The molecule has 0 spiro atoms. The van der Waals surface area contributed by atoms with Crippen LogP contribution in [0.3, 0.4) is 0 Å². The van der Waals surface area contributed by atoms with Gasteiger partial charge >= 0.3 is 0 Å². The number of benzene rings is 2. The van der Waals surface area contributed by atoms with Gasteiger partial charge in [0, 0.05) is 23.1 Å². The average Bonchev–Trinajstić information content (AvgIpc) is 2.65. The summed E-state index contributed by atoms with van der Waals surface area (Å²) < 4.78 is 6.37. The van der Waals surface area contributed by atoms with Gasteiger partial charge in [-0.1, -0.05) is 41.4 Å². The second-order valence-corrected chi connectivity index (χ2v) is 6.71. The van der Waals surface area contributed by atoms with Crippen molar-refractivity contribution in [2.24, 2.45) is 0 Å². The van der Waals surface area contributed by atoms with Crippen molar-refractivity contribution in [3.63, 3.8) is 0 Å². The van der Waals surface area contributed by atoms with Crippen molar-refractivity contribution in [2.75, 3.05) is 19.7 Å². The van der Waals surface area contributed by atoms with Crippen LogP contribution in [0.2, 0.25) is 0 Å². The number of hydrogen-bond acceptors (Lipinski definition) is 3. The van der Waals surface area contributed by atoms with Crippen molar-refractivity contribution in [1.82, 2.24) is 10.6 Å². The maximum absolute atomic E-state index is 11.9. The maximum Gasteiger partial charge on any atom is 0.258 e. The van der Waals surface area contributed by atoms with Crippen LogP contribution in [0, 0.1) is 0 Å². The molecule has 2 rings (SSSR count). The quantitative estimate of drug-likeness (QED) is 0.613. The number of hydrogen-bond donors (Lipinski definition) is 2. The van der Waals surface area contributed by atoms with Crippen LogP contribution in [0.5, 0.6) is 5.75 Å². The molecule has 2 N–H and O–H groups in total. The molecule has 0 heterocycles. The minimum absolute atomic E-state index is 0.0478. The zero-order valence-electron chi connectivity index (χ0n) is 14.8. The van der Waals surface area contributed by atoms with Gasteiger partial charge in [0.1, 0.15) is 5.75 Å². The highest BCUT2D eigenvalue weighted by Crippen LogP contribution is 2.13. The largest absolute Gasteiger partial charge is 0.484 e. The predicted octanol–water partition coefficient (Wildman–Crippen LogP) is 3.33. The number of amides is 2. The molecule has 0 unspecified atom stereocenters. The van der Waals surface area contributed by atoms with E-state index in [2.05, 4.69) is 33.5 Å². The van der Waals surface area contributed by atoms with E-state index in [1.165, 1.54) is 5.56 Å². The Kier molecular flexibility index (Phi) is 8.15. The van der Waals surface area contributed by atoms with Gasteiger partial charge in [0.25, 0.3) is 11.8 Å². The predicted molar refractivity (Wildman–Crippen MR) is 105 cm³/mol. The number of nitrogens with one attached hydrogen (secondary N) is 2. The van der Waals surface area contributed by atoms with Crippen LogP contribution in [0.25, 0.3) is 0 Å². The summed E-state index contributed by atoms with van der Waals surface area (Å²) in [5.41, 5.74) is 1.83. The number of halogens is 1. The molecule has 0 atom stereocenters. The number of aryl methyl sites for hydroxylation is 1. The molecule has 0 radical (unpaired) electrons. The van der Waals surface area contributed by atoms with E-state index in [0.717, 1.165) is 17.3 Å². The van der Waals surface area contributed by atoms with Gasteiger partial charge in [-0.15, -0.1) is 0 Å². The molecule has 0 fully saturated rings. The fourth-order valence-corrected chi connectivity index (χ4v) is 2.59. The highest BCUT2D eigenvalue weighted by molar-refractivity contribution is 9.10. The Morgan fingerprint density at radius 1 is 0.962 bits per heavy atom. The molecule has 5 nitrogen and oxygen atoms in total. The average molecular weight is 419 g/mol. The Balaban J connectivity index is 1.62. The van der Waals surface area contributed by atoms with Crippen LogP contribution >= 0.6 is 15.9 Å². The monoisotopic (exact) mass is 418 g/mol. The van der Waals surface area contributed by atoms with Gasteiger partial charge in [-0.2, -0.15) is 0 Å². The number of ether oxygens (including phenoxy) is 1. The first-order chi connectivity index (χ1) is 12.6. The topological polar surface area (TPSA) is 67.4 Å². The van der Waals surface area contributed by atoms with Crippen LogP contribution in [0.4, 0.5) is 0 Å². The third-order valence-corrected chi connectivity index (χ3v) is 4.20. The minimum Gasteiger partial charge on any atom is -0.484 e. The summed E-state index contributed by atoms with van der Waals surface area (Å²) in [6, 6.07) is 14.8. The summed E-state index contributed by atoms with van der Waals surface area (Å²) in [5.74, 6) is 0.277. The summed E-state index contributed by atoms with van der Waals surface area (Å²) in [7, 11) is 0. The summed E-state index contributed by atoms with van der Waals surface area (Å²) in [5, 5.41) is 5.47. The van der Waals surface area contributed by atoms with Crippen molar-refractivity contribution in [2.45, 2.75) is 19.8 Å². The lowest BCUT2D eigenvalue weighted by molar-refractivity contribution is -0.123. The number of carbonyl (C=O) groups is 2. The second-order valence-electron chi connectivity index (χ2n) is 5.80. The Morgan fingerprint density at radius 3 is 2.27 bits per heavy atom. The lowest BCUT2D eigenvalue weighted by Crippen LogP contribution is -2.36. The maximum atomic E-state index is 11.9. The number of rotatable bonds is 9. The molecule has 0 saturated heterocycles. The molecule has 6 heteroatoms. The molecule has 0 aliphatic rings. The summed E-state index contributed by atoms with van der Waals surface area (Å²) in [6.07, 6.45) is 2.13. The molecule has 0 saturated carbocycles. The van der Waals surface area contributed by atoms with Gasteiger partial charge in [-0.25, -0.2) is 0 Å². The summed E-state index contributed by atoms with van der Waals surface area (Å²) in [4.78, 5) is 23.7. The van der Waals surface area contributed by atoms with E-state index in [0.29, 0.717) is 24.4 Å². The molecular formula is C20H23BrN2O3. The highest BCUT2D eigenvalue weighted by atomic mass is 79.9. The fourth-order valence-electron chi connectivity index (χ4n) is 2.32. The molecule has 2 aromatic rings. The smallest absolute Gasteiger partial charge is 0.258 e. The van der Waals surface area contributed by atoms with E-state index >= 15 is 0 Å². The van der Waals surface area contributed by atoms with Gasteiger partial charge in [-0.05, 0) is 48.4 Å². The Labute approximate surface area is 162 Å². The molecule has 0 aliphatic heterocycles. The van der Waals surface area contributed by atoms with E-state index < -0.39 is 0 Å². The lowest BCUT2D eigenvalue weighted by Gasteiger charge is -2.09. The number of carbonyl (C=O) groups excluding carboxylic acids is 2. The Morgan fingerprint density at radius 2 is 1.62 bits per heavy atom. The molecule has 0 bridgehead atoms. The molecule has 2 amide bonds. The van der Waals surface area contributed by atoms with Crippen LogP contribution in [0.15, 0.2) is 53.0 Å². The van der Waals surface area contributed by atoms with E-state index in [-0.39, 0.29) is 18.4 Å². The van der Waals surface area contributed by atoms with Crippen LogP contribution in [-0.2, 0) is 11.2 Å². The Hall–Kier alpha value is -2.34. The second kappa shape index (κ2) is 10.6. The SMILES string of the molecule is CCCc1ccc(OCC(=O)NCCNC(=O)c2ccc(Br)cc2)cc1. The molecule has 0 aliphatic carbocycles. The van der Waals surface area contributed by atoms with Gasteiger partial charge < -0.3 is 15.4 Å². The zero-order chi connectivity index (χ0) is 18.8. The molecular weight excluding hydrogens is 396 g/mol. The molecule has 138 valence electrons. The summed E-state index contributed by atoms with van der Waals surface area (Å²) >= 11 is 3.33. The lowest BCUT2D eigenvalue weighted by atomic mass is 10.1. The van der Waals surface area contributed by atoms with E-state index in [1.807, 2.05) is 36.4 Å². The van der Waals surface area contributed by atoms with Gasteiger partial charge in [0.05, 0.1) is 0 Å². The van der Waals surface area contributed by atoms with Crippen molar-refractivity contribution in [3.8, 4) is 5.75 Å². The summed E-state index contributed by atoms with van der Waals surface area (Å²) in [6.45, 7) is 2.79. The highest BCUT2D eigenvalue weighted by Gasteiger charge is 2.06. The van der Waals surface area contributed by atoms with Gasteiger partial charge in [0.2, 0.25) is 0 Å². The standard InChI is InChI=1S/C20H23BrN2O3/c1-2-3-15-4-10-18(11-5-15)26-14-19(24)22-12-13-23-20(25)16-6-8-17(21)9-7-16/h4-11H,2-3,12-14H2,1H3,(H,22,24)(H,23,25). The van der Waals surface area contributed by atoms with Crippen molar-refractivity contribution < 1.29 is 14.3 Å². The van der Waals surface area contributed by atoms with E-state index in [4.69, 9.17) is 4.74 Å². The van der Waals surface area contributed by atoms with Gasteiger partial charge in [-0.3, -0.25) is 9.59 Å². The van der Waals surface area contributed by atoms with Gasteiger partial charge in [0.15, 0.2) is 6.61 Å². The van der Waals surface area contributed by atoms with Crippen LogP contribution < -0.4 is 15.4 Å². The Bertz CT molecular complexity index is 715. The zero-order valence-corrected chi connectivity index (χ0v) is 16.3. The first-order valence-corrected chi connectivity index (χ1v) is 9.40. The third-order valence-electron chi connectivity index (χ3n) is 3.67. The minimum atomic E-state index is -0.222. The van der Waals surface area contributed by atoms with Crippen molar-refractivity contribution in [1.29, 1.82) is 0 Å². The van der Waals surface area contributed by atoms with E-state index in [9.17, 15) is 9.59 Å².